The molecule has 1 aromatic rings. The van der Waals surface area contributed by atoms with Crippen molar-refractivity contribution in [3.05, 3.63) is 10.7 Å². The predicted octanol–water partition coefficient (Wildman–Crippen LogP) is 1.23. The van der Waals surface area contributed by atoms with Crippen molar-refractivity contribution in [1.82, 2.24) is 9.71 Å². The van der Waals surface area contributed by atoms with Gasteiger partial charge in [0.1, 0.15) is 0 Å². The summed E-state index contributed by atoms with van der Waals surface area (Å²) in [5, 5.41) is 0. The summed E-state index contributed by atoms with van der Waals surface area (Å²) in [6.45, 7) is 1.73. The van der Waals surface area contributed by atoms with E-state index >= 15 is 0 Å². The summed E-state index contributed by atoms with van der Waals surface area (Å²) >= 11 is 6.49. The maximum absolute atomic E-state index is 11.8. The first-order chi connectivity index (χ1) is 7.81. The topological polar surface area (TPSA) is 76.1 Å². The standard InChI is InChI=1S/C8H13ClN2O3S3/c1-6(3-4-16(2)12)11-17(13,14)7-5-10-8(9)15-7/h5-6,11H,3-4H2,1-2H3. The van der Waals surface area contributed by atoms with Crippen LogP contribution < -0.4 is 4.72 Å². The molecule has 0 saturated heterocycles. The highest BCUT2D eigenvalue weighted by Gasteiger charge is 2.20. The first-order valence-electron chi connectivity index (χ1n) is 4.75. The third kappa shape index (κ3) is 5.01. The maximum Gasteiger partial charge on any atom is 0.251 e. The Bertz CT molecular complexity index is 500. The van der Waals surface area contributed by atoms with Gasteiger partial charge < -0.3 is 0 Å². The molecule has 2 unspecified atom stereocenters. The number of halogens is 1. The second-order valence-electron chi connectivity index (χ2n) is 3.52. The summed E-state index contributed by atoms with van der Waals surface area (Å²) < 4.78 is 37.3. The van der Waals surface area contributed by atoms with Gasteiger partial charge in [-0.3, -0.25) is 4.21 Å². The molecule has 2 atom stereocenters. The van der Waals surface area contributed by atoms with Crippen LogP contribution in [-0.2, 0) is 20.8 Å². The minimum atomic E-state index is -3.56. The minimum absolute atomic E-state index is 0.0898. The average Bonchev–Trinajstić information content (AvgIpc) is 2.62. The fourth-order valence-corrected chi connectivity index (χ4v) is 4.36. The molecule has 17 heavy (non-hydrogen) atoms. The molecule has 5 nitrogen and oxygen atoms in total. The molecule has 0 aromatic carbocycles. The number of nitrogens with zero attached hydrogens (tertiary/aromatic N) is 1. The fourth-order valence-electron chi connectivity index (χ4n) is 1.09. The smallest absolute Gasteiger partial charge is 0.251 e. The molecule has 0 spiro atoms. The van der Waals surface area contributed by atoms with E-state index in [2.05, 4.69) is 9.71 Å². The molecule has 0 aliphatic carbocycles. The van der Waals surface area contributed by atoms with Crippen LogP contribution in [0, 0.1) is 0 Å². The molecule has 0 radical (unpaired) electrons. The molecule has 0 fully saturated rings. The van der Waals surface area contributed by atoms with Crippen molar-refractivity contribution in [3.63, 3.8) is 0 Å². The number of sulfonamides is 1. The molecule has 0 aliphatic rings. The fraction of sp³-hybridized carbons (Fsp3) is 0.625. The number of rotatable bonds is 6. The van der Waals surface area contributed by atoms with E-state index < -0.39 is 20.8 Å². The van der Waals surface area contributed by atoms with Crippen LogP contribution in [-0.4, -0.2) is 35.7 Å². The van der Waals surface area contributed by atoms with E-state index in [1.165, 1.54) is 6.20 Å². The van der Waals surface area contributed by atoms with Crippen molar-refractivity contribution in [2.24, 2.45) is 0 Å². The van der Waals surface area contributed by atoms with E-state index in [-0.39, 0.29) is 14.7 Å². The molecule has 9 heteroatoms. The Balaban J connectivity index is 2.64. The first-order valence-corrected chi connectivity index (χ1v) is 9.15. The van der Waals surface area contributed by atoms with Gasteiger partial charge in [0.05, 0.1) is 6.20 Å². The summed E-state index contributed by atoms with van der Waals surface area (Å²) in [6.07, 6.45) is 3.33. The molecule has 1 heterocycles. The molecular weight excluding hydrogens is 304 g/mol. The summed E-state index contributed by atoms with van der Waals surface area (Å²) in [7, 11) is -4.48. The lowest BCUT2D eigenvalue weighted by molar-refractivity contribution is 0.557. The Morgan fingerprint density at radius 1 is 1.65 bits per heavy atom. The number of nitrogens with one attached hydrogen (secondary N) is 1. The maximum atomic E-state index is 11.8. The molecule has 0 amide bonds. The van der Waals surface area contributed by atoms with Crippen molar-refractivity contribution in [2.45, 2.75) is 23.6 Å². The predicted molar refractivity (Wildman–Crippen MR) is 70.5 cm³/mol. The van der Waals surface area contributed by atoms with Crippen LogP contribution in [0.15, 0.2) is 10.4 Å². The highest BCUT2D eigenvalue weighted by molar-refractivity contribution is 7.91. The van der Waals surface area contributed by atoms with E-state index in [0.717, 1.165) is 11.3 Å². The van der Waals surface area contributed by atoms with Crippen LogP contribution in [0.5, 0.6) is 0 Å². The molecule has 98 valence electrons. The van der Waals surface area contributed by atoms with Crippen LogP contribution in [0.1, 0.15) is 13.3 Å². The third-order valence-electron chi connectivity index (χ3n) is 1.92. The average molecular weight is 317 g/mol. The second kappa shape index (κ2) is 6.24. The number of hydrogen-bond donors (Lipinski definition) is 1. The molecule has 1 rings (SSSR count). The lowest BCUT2D eigenvalue weighted by Crippen LogP contribution is -2.33. The summed E-state index contributed by atoms with van der Waals surface area (Å²) in [4.78, 5) is 3.68. The Morgan fingerprint density at radius 2 is 2.29 bits per heavy atom. The van der Waals surface area contributed by atoms with E-state index in [4.69, 9.17) is 11.6 Å². The van der Waals surface area contributed by atoms with Gasteiger partial charge in [0.2, 0.25) is 0 Å². The van der Waals surface area contributed by atoms with Gasteiger partial charge in [-0.15, -0.1) is 0 Å². The van der Waals surface area contributed by atoms with Crippen molar-refractivity contribution >= 4 is 43.8 Å². The quantitative estimate of drug-likeness (QED) is 0.856. The highest BCUT2D eigenvalue weighted by atomic mass is 35.5. The Kier molecular flexibility index (Phi) is 5.52. The molecule has 1 aromatic heterocycles. The molecule has 0 aliphatic heterocycles. The number of aromatic nitrogens is 1. The van der Waals surface area contributed by atoms with E-state index in [9.17, 15) is 12.6 Å². The Morgan fingerprint density at radius 3 is 2.76 bits per heavy atom. The molecule has 0 saturated carbocycles. The lowest BCUT2D eigenvalue weighted by Gasteiger charge is -2.11. The SMILES string of the molecule is CC(CCS(C)=O)NS(=O)(=O)c1cnc(Cl)s1. The van der Waals surface area contributed by atoms with Crippen molar-refractivity contribution < 1.29 is 12.6 Å². The van der Waals surface area contributed by atoms with E-state index in [1.54, 1.807) is 13.2 Å². The summed E-state index contributed by atoms with van der Waals surface area (Å²) in [5.41, 5.74) is 0. The van der Waals surface area contributed by atoms with Gasteiger partial charge in [-0.1, -0.05) is 22.9 Å². The van der Waals surface area contributed by atoms with Gasteiger partial charge in [-0.05, 0) is 13.3 Å². The molecular formula is C8H13ClN2O3S3. The van der Waals surface area contributed by atoms with Gasteiger partial charge in [0.15, 0.2) is 8.68 Å². The van der Waals surface area contributed by atoms with Gasteiger partial charge in [-0.2, -0.15) is 0 Å². The number of hydrogen-bond acceptors (Lipinski definition) is 5. The summed E-state index contributed by atoms with van der Waals surface area (Å²) in [6, 6.07) is -0.273. The zero-order chi connectivity index (χ0) is 13.1. The third-order valence-corrected chi connectivity index (χ3v) is 5.89. The zero-order valence-corrected chi connectivity index (χ0v) is 12.5. The van der Waals surface area contributed by atoms with Crippen LogP contribution in [0.4, 0.5) is 0 Å². The van der Waals surface area contributed by atoms with Crippen molar-refractivity contribution in [2.75, 3.05) is 12.0 Å². The van der Waals surface area contributed by atoms with Crippen LogP contribution in [0.25, 0.3) is 0 Å². The van der Waals surface area contributed by atoms with Gasteiger partial charge in [-0.25, -0.2) is 18.1 Å². The number of thiazole rings is 1. The Labute approximate surface area is 112 Å². The second-order valence-corrected chi connectivity index (χ2v) is 8.63. The molecule has 1 N–H and O–H groups in total. The molecule has 0 bridgehead atoms. The Hall–Kier alpha value is -0.0200. The largest absolute Gasteiger partial charge is 0.260 e. The summed E-state index contributed by atoms with van der Waals surface area (Å²) in [5.74, 6) is 0.465. The first kappa shape index (κ1) is 15.0. The van der Waals surface area contributed by atoms with Crippen LogP contribution >= 0.6 is 22.9 Å². The highest BCUT2D eigenvalue weighted by Crippen LogP contribution is 2.22. The van der Waals surface area contributed by atoms with Gasteiger partial charge in [0.25, 0.3) is 10.0 Å². The monoisotopic (exact) mass is 316 g/mol. The van der Waals surface area contributed by atoms with Crippen LogP contribution in [0.2, 0.25) is 4.47 Å². The van der Waals surface area contributed by atoms with E-state index in [1.807, 2.05) is 0 Å². The van der Waals surface area contributed by atoms with Gasteiger partial charge >= 0.3 is 0 Å². The minimum Gasteiger partial charge on any atom is -0.260 e. The van der Waals surface area contributed by atoms with Gasteiger partial charge in [0, 0.05) is 28.9 Å². The van der Waals surface area contributed by atoms with E-state index in [0.29, 0.717) is 12.2 Å². The van der Waals surface area contributed by atoms with Crippen LogP contribution in [0.3, 0.4) is 0 Å². The lowest BCUT2D eigenvalue weighted by atomic mass is 10.3. The van der Waals surface area contributed by atoms with Crippen molar-refractivity contribution in [1.29, 1.82) is 0 Å². The zero-order valence-electron chi connectivity index (χ0n) is 9.34. The normalized spacial score (nSPS) is 15.7. The van der Waals surface area contributed by atoms with Crippen molar-refractivity contribution in [3.8, 4) is 0 Å².